The van der Waals surface area contributed by atoms with Gasteiger partial charge in [-0.15, -0.1) is 0 Å². The van der Waals surface area contributed by atoms with Crippen molar-refractivity contribution in [2.24, 2.45) is 5.92 Å². The van der Waals surface area contributed by atoms with Crippen LogP contribution in [0.15, 0.2) is 30.3 Å². The van der Waals surface area contributed by atoms with Crippen molar-refractivity contribution in [1.82, 2.24) is 9.80 Å². The topological polar surface area (TPSA) is 59.1 Å². The maximum Gasteiger partial charge on any atom is 0.246 e. The number of benzene rings is 1. The predicted octanol–water partition coefficient (Wildman–Crippen LogP) is 1.81. The molecule has 1 atom stereocenters. The molecule has 0 N–H and O–H groups in total. The fourth-order valence-corrected chi connectivity index (χ4v) is 3.44. The zero-order valence-corrected chi connectivity index (χ0v) is 15.2. The van der Waals surface area contributed by atoms with Crippen LogP contribution in [0.2, 0.25) is 0 Å². The van der Waals surface area contributed by atoms with Gasteiger partial charge in [0.25, 0.3) is 0 Å². The van der Waals surface area contributed by atoms with Gasteiger partial charge in [-0.25, -0.2) is 0 Å². The van der Waals surface area contributed by atoms with E-state index in [0.29, 0.717) is 39.4 Å². The van der Waals surface area contributed by atoms with Crippen molar-refractivity contribution >= 4 is 17.9 Å². The molecule has 0 spiro atoms. The Kier molecular flexibility index (Phi) is 6.28. The minimum atomic E-state index is -0.101. The highest BCUT2D eigenvalue weighted by molar-refractivity contribution is 5.92. The molecule has 2 fully saturated rings. The van der Waals surface area contributed by atoms with Crippen molar-refractivity contribution in [1.29, 1.82) is 0 Å². The second-order valence-corrected chi connectivity index (χ2v) is 6.67. The molecule has 0 radical (unpaired) electrons. The largest absolute Gasteiger partial charge is 0.497 e. The summed E-state index contributed by atoms with van der Waals surface area (Å²) in [5.74, 6) is 0.764. The maximum absolute atomic E-state index is 12.7. The van der Waals surface area contributed by atoms with Crippen molar-refractivity contribution in [3.63, 3.8) is 0 Å². The van der Waals surface area contributed by atoms with Crippen molar-refractivity contribution < 1.29 is 19.1 Å². The summed E-state index contributed by atoms with van der Waals surface area (Å²) in [5, 5.41) is 0. The minimum Gasteiger partial charge on any atom is -0.497 e. The first-order chi connectivity index (χ1) is 12.7. The van der Waals surface area contributed by atoms with E-state index in [0.717, 1.165) is 24.2 Å². The van der Waals surface area contributed by atoms with Crippen LogP contribution in [-0.2, 0) is 14.3 Å². The van der Waals surface area contributed by atoms with Crippen LogP contribution >= 0.6 is 0 Å². The number of likely N-dealkylation sites (tertiary alicyclic amines) is 1. The van der Waals surface area contributed by atoms with Gasteiger partial charge in [-0.2, -0.15) is 0 Å². The Morgan fingerprint density at radius 1 is 1.19 bits per heavy atom. The zero-order chi connectivity index (χ0) is 18.4. The Hall–Kier alpha value is -2.34. The summed E-state index contributed by atoms with van der Waals surface area (Å²) in [6.45, 7) is 3.71. The SMILES string of the molecule is COc1cccc(/C=C/C(=O)N2CCCC(C(=O)N3CCOCC3)C2)c1. The van der Waals surface area contributed by atoms with Crippen LogP contribution in [0.25, 0.3) is 6.08 Å². The average Bonchev–Trinajstić information content (AvgIpc) is 2.72. The van der Waals surface area contributed by atoms with E-state index in [1.54, 1.807) is 24.2 Å². The summed E-state index contributed by atoms with van der Waals surface area (Å²) in [7, 11) is 1.62. The van der Waals surface area contributed by atoms with Gasteiger partial charge in [0, 0.05) is 32.3 Å². The van der Waals surface area contributed by atoms with Gasteiger partial charge in [-0.05, 0) is 36.6 Å². The van der Waals surface area contributed by atoms with Crippen molar-refractivity contribution in [2.75, 3.05) is 46.5 Å². The van der Waals surface area contributed by atoms with Crippen LogP contribution in [0.3, 0.4) is 0 Å². The number of nitrogens with zero attached hydrogens (tertiary/aromatic N) is 2. The number of rotatable bonds is 4. The van der Waals surface area contributed by atoms with Gasteiger partial charge in [-0.1, -0.05) is 12.1 Å². The summed E-state index contributed by atoms with van der Waals surface area (Å²) in [6.07, 6.45) is 5.08. The van der Waals surface area contributed by atoms with Gasteiger partial charge in [-0.3, -0.25) is 9.59 Å². The number of morpholine rings is 1. The van der Waals surface area contributed by atoms with Gasteiger partial charge in [0.1, 0.15) is 5.75 Å². The molecule has 6 heteroatoms. The van der Waals surface area contributed by atoms with Crippen LogP contribution in [0.1, 0.15) is 18.4 Å². The second kappa shape index (κ2) is 8.85. The Balaban J connectivity index is 1.58. The van der Waals surface area contributed by atoms with E-state index in [1.807, 2.05) is 29.2 Å². The number of methoxy groups -OCH3 is 1. The molecule has 1 aromatic carbocycles. The monoisotopic (exact) mass is 358 g/mol. The maximum atomic E-state index is 12.7. The Morgan fingerprint density at radius 2 is 2.00 bits per heavy atom. The van der Waals surface area contributed by atoms with Crippen LogP contribution in [0.4, 0.5) is 0 Å². The molecule has 26 heavy (non-hydrogen) atoms. The minimum absolute atomic E-state index is 0.0488. The predicted molar refractivity (Wildman–Crippen MR) is 98.7 cm³/mol. The summed E-state index contributed by atoms with van der Waals surface area (Å²) < 4.78 is 10.5. The van der Waals surface area contributed by atoms with Gasteiger partial charge in [0.15, 0.2) is 0 Å². The van der Waals surface area contributed by atoms with Crippen LogP contribution in [0, 0.1) is 5.92 Å². The van der Waals surface area contributed by atoms with Crippen molar-refractivity contribution in [3.8, 4) is 5.75 Å². The molecule has 3 rings (SSSR count). The second-order valence-electron chi connectivity index (χ2n) is 6.67. The summed E-state index contributed by atoms with van der Waals surface area (Å²) in [4.78, 5) is 28.9. The van der Waals surface area contributed by atoms with Gasteiger partial charge >= 0.3 is 0 Å². The molecule has 2 amide bonds. The lowest BCUT2D eigenvalue weighted by Gasteiger charge is -2.35. The number of ether oxygens (including phenoxy) is 2. The normalized spacial score (nSPS) is 21.0. The highest BCUT2D eigenvalue weighted by Crippen LogP contribution is 2.20. The third kappa shape index (κ3) is 4.64. The van der Waals surface area contributed by atoms with Crippen molar-refractivity contribution in [3.05, 3.63) is 35.9 Å². The lowest BCUT2D eigenvalue weighted by molar-refractivity contribution is -0.143. The lowest BCUT2D eigenvalue weighted by Crippen LogP contribution is -2.49. The number of amides is 2. The molecule has 2 aliphatic rings. The third-order valence-corrected chi connectivity index (χ3v) is 4.92. The Morgan fingerprint density at radius 3 is 2.77 bits per heavy atom. The van der Waals surface area contributed by atoms with E-state index in [4.69, 9.17) is 9.47 Å². The first-order valence-electron chi connectivity index (χ1n) is 9.15. The molecular weight excluding hydrogens is 332 g/mol. The summed E-state index contributed by atoms with van der Waals surface area (Å²) in [6, 6.07) is 7.56. The molecular formula is C20H26N2O4. The number of hydrogen-bond donors (Lipinski definition) is 0. The third-order valence-electron chi connectivity index (χ3n) is 4.92. The van der Waals surface area contributed by atoms with E-state index in [9.17, 15) is 9.59 Å². The molecule has 2 saturated heterocycles. The zero-order valence-electron chi connectivity index (χ0n) is 15.2. The lowest BCUT2D eigenvalue weighted by atomic mass is 9.96. The fraction of sp³-hybridized carbons (Fsp3) is 0.500. The van der Waals surface area contributed by atoms with E-state index in [-0.39, 0.29) is 17.7 Å². The Labute approximate surface area is 154 Å². The highest BCUT2D eigenvalue weighted by Gasteiger charge is 2.31. The van der Waals surface area contributed by atoms with Crippen LogP contribution in [-0.4, -0.2) is 68.1 Å². The van der Waals surface area contributed by atoms with Crippen molar-refractivity contribution in [2.45, 2.75) is 12.8 Å². The van der Waals surface area contributed by atoms with E-state index < -0.39 is 0 Å². The molecule has 0 saturated carbocycles. The molecule has 2 heterocycles. The number of hydrogen-bond acceptors (Lipinski definition) is 4. The molecule has 0 aliphatic carbocycles. The Bertz CT molecular complexity index is 668. The van der Waals surface area contributed by atoms with Crippen LogP contribution < -0.4 is 4.74 Å². The first kappa shape index (κ1) is 18.5. The standard InChI is InChI=1S/C20H26N2O4/c1-25-18-6-2-4-16(14-18)7-8-19(23)22-9-3-5-17(15-22)20(24)21-10-12-26-13-11-21/h2,4,6-8,14,17H,3,5,9-13,15H2,1H3/b8-7+. The van der Waals surface area contributed by atoms with Gasteiger partial charge < -0.3 is 19.3 Å². The molecule has 0 bridgehead atoms. The summed E-state index contributed by atoms with van der Waals surface area (Å²) >= 11 is 0. The number of carbonyl (C=O) groups is 2. The molecule has 0 aromatic heterocycles. The fourth-order valence-electron chi connectivity index (χ4n) is 3.44. The summed E-state index contributed by atoms with van der Waals surface area (Å²) in [5.41, 5.74) is 0.913. The van der Waals surface area contributed by atoms with Crippen LogP contribution in [0.5, 0.6) is 5.75 Å². The van der Waals surface area contributed by atoms with E-state index in [2.05, 4.69) is 0 Å². The molecule has 140 valence electrons. The number of carbonyl (C=O) groups excluding carboxylic acids is 2. The molecule has 6 nitrogen and oxygen atoms in total. The molecule has 1 unspecified atom stereocenters. The van der Waals surface area contributed by atoms with E-state index in [1.165, 1.54) is 0 Å². The first-order valence-corrected chi connectivity index (χ1v) is 9.15. The smallest absolute Gasteiger partial charge is 0.246 e. The van der Waals surface area contributed by atoms with E-state index >= 15 is 0 Å². The number of piperidine rings is 1. The van der Waals surface area contributed by atoms with Gasteiger partial charge in [0.05, 0.1) is 26.2 Å². The molecule has 2 aliphatic heterocycles. The molecule has 1 aromatic rings. The quantitative estimate of drug-likeness (QED) is 0.770. The van der Waals surface area contributed by atoms with Gasteiger partial charge in [0.2, 0.25) is 11.8 Å². The highest BCUT2D eigenvalue weighted by atomic mass is 16.5. The average molecular weight is 358 g/mol.